The molecule has 1 aliphatic carbocycles. The first kappa shape index (κ1) is 15.0. The molecule has 0 aromatic heterocycles. The lowest BCUT2D eigenvalue weighted by Gasteiger charge is -2.23. The molecular formula is C13H23NO4. The molecule has 1 atom stereocenters. The number of carboxylic acid groups (broad SMARTS) is 1. The predicted octanol–water partition coefficient (Wildman–Crippen LogP) is 1.42. The van der Waals surface area contributed by atoms with Crippen LogP contribution in [0.4, 0.5) is 0 Å². The normalized spacial score (nSPS) is 18.4. The van der Waals surface area contributed by atoms with Crippen LogP contribution in [0.25, 0.3) is 0 Å². The topological polar surface area (TPSA) is 75.6 Å². The molecule has 0 saturated heterocycles. The zero-order valence-corrected chi connectivity index (χ0v) is 11.4. The standard InChI is InChI=1S/C13H23NO4/c1-9(2)8-18-7-6-13(3,12(16)17)11(15)14-10-4-5-10/h9-10H,4-8H2,1-3H3,(H,14,15)(H,16,17). The van der Waals surface area contributed by atoms with Gasteiger partial charge < -0.3 is 15.2 Å². The molecule has 104 valence electrons. The first-order valence-corrected chi connectivity index (χ1v) is 6.48. The first-order chi connectivity index (χ1) is 8.36. The third-order valence-corrected chi connectivity index (χ3v) is 3.08. The van der Waals surface area contributed by atoms with Crippen LogP contribution in [0.1, 0.15) is 40.0 Å². The van der Waals surface area contributed by atoms with E-state index in [1.165, 1.54) is 6.92 Å². The van der Waals surface area contributed by atoms with Gasteiger partial charge in [-0.2, -0.15) is 0 Å². The summed E-state index contributed by atoms with van der Waals surface area (Å²) in [5.74, 6) is -1.08. The van der Waals surface area contributed by atoms with Gasteiger partial charge >= 0.3 is 5.97 Å². The third kappa shape index (κ3) is 4.29. The lowest BCUT2D eigenvalue weighted by molar-refractivity contribution is -0.156. The van der Waals surface area contributed by atoms with E-state index >= 15 is 0 Å². The number of hydrogen-bond acceptors (Lipinski definition) is 3. The molecule has 1 fully saturated rings. The number of nitrogens with one attached hydrogen (secondary N) is 1. The van der Waals surface area contributed by atoms with Crippen LogP contribution >= 0.6 is 0 Å². The molecule has 0 spiro atoms. The Labute approximate surface area is 108 Å². The third-order valence-electron chi connectivity index (χ3n) is 3.08. The van der Waals surface area contributed by atoms with Crippen molar-refractivity contribution in [1.82, 2.24) is 5.32 Å². The van der Waals surface area contributed by atoms with Gasteiger partial charge in [0, 0.05) is 19.3 Å². The number of amides is 1. The number of carboxylic acids is 1. The number of carbonyl (C=O) groups is 2. The number of ether oxygens (including phenoxy) is 1. The quantitative estimate of drug-likeness (QED) is 0.509. The maximum Gasteiger partial charge on any atom is 0.319 e. The fourth-order valence-corrected chi connectivity index (χ4v) is 1.49. The van der Waals surface area contributed by atoms with E-state index < -0.39 is 17.3 Å². The van der Waals surface area contributed by atoms with Crippen molar-refractivity contribution >= 4 is 11.9 Å². The van der Waals surface area contributed by atoms with Gasteiger partial charge in [0.2, 0.25) is 5.91 Å². The zero-order valence-electron chi connectivity index (χ0n) is 11.4. The maximum absolute atomic E-state index is 11.9. The van der Waals surface area contributed by atoms with Gasteiger partial charge in [-0.25, -0.2) is 0 Å². The molecular weight excluding hydrogens is 234 g/mol. The van der Waals surface area contributed by atoms with Gasteiger partial charge in [-0.15, -0.1) is 0 Å². The van der Waals surface area contributed by atoms with Gasteiger partial charge in [-0.3, -0.25) is 9.59 Å². The Morgan fingerprint density at radius 2 is 2.06 bits per heavy atom. The van der Waals surface area contributed by atoms with Crippen LogP contribution < -0.4 is 5.32 Å². The van der Waals surface area contributed by atoms with Crippen LogP contribution in [0.2, 0.25) is 0 Å². The highest BCUT2D eigenvalue weighted by Crippen LogP contribution is 2.26. The van der Waals surface area contributed by atoms with Crippen molar-refractivity contribution in [1.29, 1.82) is 0 Å². The molecule has 5 heteroatoms. The van der Waals surface area contributed by atoms with Crippen molar-refractivity contribution in [2.45, 2.75) is 46.1 Å². The Balaban J connectivity index is 2.45. The minimum absolute atomic E-state index is 0.174. The minimum atomic E-state index is -1.39. The lowest BCUT2D eigenvalue weighted by atomic mass is 9.86. The summed E-state index contributed by atoms with van der Waals surface area (Å²) in [6, 6.07) is 0.174. The van der Waals surface area contributed by atoms with Crippen molar-refractivity contribution < 1.29 is 19.4 Å². The number of carbonyl (C=O) groups excluding carboxylic acids is 1. The summed E-state index contributed by atoms with van der Waals surface area (Å²) >= 11 is 0. The molecule has 0 aromatic carbocycles. The van der Waals surface area contributed by atoms with Crippen molar-refractivity contribution in [2.24, 2.45) is 11.3 Å². The summed E-state index contributed by atoms with van der Waals surface area (Å²) in [6.45, 7) is 6.39. The fourth-order valence-electron chi connectivity index (χ4n) is 1.49. The van der Waals surface area contributed by atoms with Crippen LogP contribution in [0, 0.1) is 11.3 Å². The molecule has 2 N–H and O–H groups in total. The average Bonchev–Trinajstić information content (AvgIpc) is 3.07. The molecule has 1 saturated carbocycles. The molecule has 5 nitrogen and oxygen atoms in total. The molecule has 0 aromatic rings. The second-order valence-corrected chi connectivity index (χ2v) is 5.60. The van der Waals surface area contributed by atoms with E-state index in [1.54, 1.807) is 0 Å². The zero-order chi connectivity index (χ0) is 13.8. The Bertz CT molecular complexity index is 312. The van der Waals surface area contributed by atoms with Crippen LogP contribution in [0.15, 0.2) is 0 Å². The van der Waals surface area contributed by atoms with Gasteiger partial charge in [0.25, 0.3) is 0 Å². The van der Waals surface area contributed by atoms with Crippen molar-refractivity contribution in [3.8, 4) is 0 Å². The molecule has 0 heterocycles. The average molecular weight is 257 g/mol. The molecule has 1 aliphatic rings. The number of aliphatic carboxylic acids is 1. The summed E-state index contributed by atoms with van der Waals surface area (Å²) in [4.78, 5) is 23.2. The van der Waals surface area contributed by atoms with Gasteiger partial charge in [-0.05, 0) is 32.1 Å². The molecule has 0 bridgehead atoms. The molecule has 0 aliphatic heterocycles. The predicted molar refractivity (Wildman–Crippen MR) is 67.2 cm³/mol. The molecule has 1 rings (SSSR count). The second-order valence-electron chi connectivity index (χ2n) is 5.60. The maximum atomic E-state index is 11.9. The van der Waals surface area contributed by atoms with Crippen LogP contribution in [0.3, 0.4) is 0 Å². The van der Waals surface area contributed by atoms with Gasteiger partial charge in [0.05, 0.1) is 0 Å². The van der Waals surface area contributed by atoms with E-state index in [-0.39, 0.29) is 12.5 Å². The van der Waals surface area contributed by atoms with Gasteiger partial charge in [-0.1, -0.05) is 13.8 Å². The van der Waals surface area contributed by atoms with E-state index in [0.29, 0.717) is 19.1 Å². The van der Waals surface area contributed by atoms with Crippen LogP contribution in [-0.4, -0.2) is 36.2 Å². The Morgan fingerprint density at radius 1 is 1.44 bits per heavy atom. The SMILES string of the molecule is CC(C)COCCC(C)(C(=O)O)C(=O)NC1CC1. The lowest BCUT2D eigenvalue weighted by Crippen LogP contribution is -2.46. The number of rotatable bonds is 8. The summed E-state index contributed by atoms with van der Waals surface area (Å²) < 4.78 is 5.37. The highest BCUT2D eigenvalue weighted by molar-refractivity contribution is 6.01. The second kappa shape index (κ2) is 6.18. The first-order valence-electron chi connectivity index (χ1n) is 6.48. The Morgan fingerprint density at radius 3 is 2.50 bits per heavy atom. The minimum Gasteiger partial charge on any atom is -0.480 e. The Kier molecular flexibility index (Phi) is 5.14. The van der Waals surface area contributed by atoms with E-state index in [2.05, 4.69) is 5.32 Å². The van der Waals surface area contributed by atoms with Gasteiger partial charge in [0.15, 0.2) is 0 Å². The van der Waals surface area contributed by atoms with Crippen molar-refractivity contribution in [3.05, 3.63) is 0 Å². The summed E-state index contributed by atoms with van der Waals surface area (Å²) in [5.41, 5.74) is -1.39. The smallest absolute Gasteiger partial charge is 0.319 e. The number of hydrogen-bond donors (Lipinski definition) is 2. The molecule has 1 unspecified atom stereocenters. The Hall–Kier alpha value is -1.10. The monoisotopic (exact) mass is 257 g/mol. The molecule has 1 amide bonds. The van der Waals surface area contributed by atoms with E-state index in [9.17, 15) is 14.7 Å². The highest BCUT2D eigenvalue weighted by atomic mass is 16.5. The molecule has 0 radical (unpaired) electrons. The summed E-state index contributed by atoms with van der Waals surface area (Å²) in [6.07, 6.45) is 2.10. The van der Waals surface area contributed by atoms with Crippen LogP contribution in [-0.2, 0) is 14.3 Å². The fraction of sp³-hybridized carbons (Fsp3) is 0.846. The van der Waals surface area contributed by atoms with Crippen molar-refractivity contribution in [3.63, 3.8) is 0 Å². The van der Waals surface area contributed by atoms with Gasteiger partial charge in [0.1, 0.15) is 5.41 Å². The molecule has 18 heavy (non-hydrogen) atoms. The van der Waals surface area contributed by atoms with E-state index in [4.69, 9.17) is 4.74 Å². The highest BCUT2D eigenvalue weighted by Gasteiger charge is 2.42. The van der Waals surface area contributed by atoms with Crippen molar-refractivity contribution in [2.75, 3.05) is 13.2 Å². The van der Waals surface area contributed by atoms with E-state index in [1.807, 2.05) is 13.8 Å². The van der Waals surface area contributed by atoms with E-state index in [0.717, 1.165) is 12.8 Å². The largest absolute Gasteiger partial charge is 0.480 e. The van der Waals surface area contributed by atoms with Crippen LogP contribution in [0.5, 0.6) is 0 Å². The summed E-state index contributed by atoms with van der Waals surface area (Å²) in [7, 11) is 0. The summed E-state index contributed by atoms with van der Waals surface area (Å²) in [5, 5.41) is 12.0.